The fourth-order valence-electron chi connectivity index (χ4n) is 2.91. The van der Waals surface area contributed by atoms with Gasteiger partial charge in [0.05, 0.1) is 6.20 Å². The molecule has 0 saturated heterocycles. The third-order valence-electron chi connectivity index (χ3n) is 4.29. The van der Waals surface area contributed by atoms with Crippen molar-refractivity contribution in [1.82, 2.24) is 9.97 Å². The van der Waals surface area contributed by atoms with Gasteiger partial charge in [-0.05, 0) is 36.5 Å². The van der Waals surface area contributed by atoms with Crippen LogP contribution in [0.25, 0.3) is 0 Å². The van der Waals surface area contributed by atoms with Crippen LogP contribution in [0.4, 0.5) is 14.6 Å². The number of rotatable bonds is 6. The smallest absolute Gasteiger partial charge is 0.318 e. The zero-order valence-corrected chi connectivity index (χ0v) is 13.5. The minimum atomic E-state index is -0.486. The first-order valence-electron chi connectivity index (χ1n) is 8.34. The van der Waals surface area contributed by atoms with Crippen LogP contribution in [0.5, 0.6) is 6.01 Å². The van der Waals surface area contributed by atoms with Crippen LogP contribution >= 0.6 is 0 Å². The molecule has 128 valence electrons. The molecule has 0 bridgehead atoms. The second kappa shape index (κ2) is 8.04. The molecule has 1 aromatic carbocycles. The number of hydrogen-bond acceptors (Lipinski definition) is 4. The highest BCUT2D eigenvalue weighted by atomic mass is 19.1. The Morgan fingerprint density at radius 2 is 1.83 bits per heavy atom. The Morgan fingerprint density at radius 1 is 1.08 bits per heavy atom. The minimum absolute atomic E-state index is 0.104. The molecule has 1 saturated carbocycles. The van der Waals surface area contributed by atoms with Crippen molar-refractivity contribution in [3.8, 4) is 6.01 Å². The van der Waals surface area contributed by atoms with Crippen LogP contribution in [0.15, 0.2) is 30.5 Å². The summed E-state index contributed by atoms with van der Waals surface area (Å²) in [6, 6.07) is 6.08. The first-order valence-corrected chi connectivity index (χ1v) is 8.34. The molecule has 0 amide bonds. The Hall–Kier alpha value is -2.24. The normalized spacial score (nSPS) is 15.2. The first-order chi connectivity index (χ1) is 11.7. The van der Waals surface area contributed by atoms with E-state index in [4.69, 9.17) is 4.74 Å². The first kappa shape index (κ1) is 16.6. The van der Waals surface area contributed by atoms with Gasteiger partial charge in [-0.15, -0.1) is 0 Å². The Balaban J connectivity index is 1.57. The van der Waals surface area contributed by atoms with Crippen LogP contribution in [0.2, 0.25) is 0 Å². The zero-order chi connectivity index (χ0) is 16.8. The van der Waals surface area contributed by atoms with E-state index in [9.17, 15) is 8.78 Å². The number of halogens is 2. The second-order valence-corrected chi connectivity index (χ2v) is 6.15. The maximum atomic E-state index is 13.8. The lowest BCUT2D eigenvalue weighted by molar-refractivity contribution is 0.279. The van der Waals surface area contributed by atoms with Crippen LogP contribution in [-0.4, -0.2) is 16.5 Å². The average molecular weight is 333 g/mol. The SMILES string of the molecule is Fc1ccc(COc2ncc(F)c(NCC3CCCCC3)n2)cc1. The number of benzene rings is 1. The largest absolute Gasteiger partial charge is 0.459 e. The van der Waals surface area contributed by atoms with Crippen molar-refractivity contribution in [2.75, 3.05) is 11.9 Å². The van der Waals surface area contributed by atoms with Crippen LogP contribution < -0.4 is 10.1 Å². The fraction of sp³-hybridized carbons (Fsp3) is 0.444. The summed E-state index contributed by atoms with van der Waals surface area (Å²) in [5.74, 6) is -0.0488. The predicted octanol–water partition coefficient (Wildman–Crippen LogP) is 4.33. The van der Waals surface area contributed by atoms with Gasteiger partial charge in [0.1, 0.15) is 12.4 Å². The van der Waals surface area contributed by atoms with Crippen molar-refractivity contribution < 1.29 is 13.5 Å². The third-order valence-corrected chi connectivity index (χ3v) is 4.29. The molecule has 0 unspecified atom stereocenters. The van der Waals surface area contributed by atoms with Crippen molar-refractivity contribution in [2.45, 2.75) is 38.7 Å². The third kappa shape index (κ3) is 4.63. The van der Waals surface area contributed by atoms with E-state index in [1.54, 1.807) is 12.1 Å². The van der Waals surface area contributed by atoms with E-state index in [1.165, 1.54) is 44.2 Å². The topological polar surface area (TPSA) is 47.0 Å². The van der Waals surface area contributed by atoms with E-state index in [0.29, 0.717) is 12.5 Å². The molecule has 0 atom stereocenters. The van der Waals surface area contributed by atoms with E-state index in [2.05, 4.69) is 15.3 Å². The van der Waals surface area contributed by atoms with E-state index in [0.717, 1.165) is 11.8 Å². The van der Waals surface area contributed by atoms with Crippen LogP contribution in [-0.2, 0) is 6.61 Å². The summed E-state index contributed by atoms with van der Waals surface area (Å²) in [6.07, 6.45) is 7.23. The maximum Gasteiger partial charge on any atom is 0.318 e. The van der Waals surface area contributed by atoms with Gasteiger partial charge in [0.25, 0.3) is 0 Å². The maximum absolute atomic E-state index is 13.8. The van der Waals surface area contributed by atoms with Crippen molar-refractivity contribution in [1.29, 1.82) is 0 Å². The molecular formula is C18H21F2N3O. The summed E-state index contributed by atoms with van der Waals surface area (Å²) in [4.78, 5) is 7.94. The lowest BCUT2D eigenvalue weighted by Gasteiger charge is -2.22. The van der Waals surface area contributed by atoms with Crippen LogP contribution in [0, 0.1) is 17.6 Å². The lowest BCUT2D eigenvalue weighted by Crippen LogP contribution is -2.18. The van der Waals surface area contributed by atoms with Crippen LogP contribution in [0.3, 0.4) is 0 Å². The van der Waals surface area contributed by atoms with Crippen molar-refractivity contribution in [3.05, 3.63) is 47.7 Å². The molecule has 4 nitrogen and oxygen atoms in total. The monoisotopic (exact) mass is 333 g/mol. The molecule has 0 spiro atoms. The fourth-order valence-corrected chi connectivity index (χ4v) is 2.91. The highest BCUT2D eigenvalue weighted by Gasteiger charge is 2.15. The summed E-state index contributed by atoms with van der Waals surface area (Å²) in [7, 11) is 0. The number of nitrogens with one attached hydrogen (secondary N) is 1. The summed E-state index contributed by atoms with van der Waals surface area (Å²) in [5.41, 5.74) is 0.793. The Labute approximate surface area is 140 Å². The molecule has 0 aliphatic heterocycles. The van der Waals surface area contributed by atoms with Gasteiger partial charge >= 0.3 is 6.01 Å². The van der Waals surface area contributed by atoms with E-state index < -0.39 is 5.82 Å². The Kier molecular flexibility index (Phi) is 5.56. The quantitative estimate of drug-likeness (QED) is 0.855. The molecule has 1 aliphatic rings. The van der Waals surface area contributed by atoms with Crippen molar-refractivity contribution >= 4 is 5.82 Å². The molecule has 1 N–H and O–H groups in total. The molecule has 6 heteroatoms. The summed E-state index contributed by atoms with van der Waals surface area (Å²) < 4.78 is 32.2. The molecule has 1 aromatic heterocycles. The molecule has 1 aliphatic carbocycles. The summed E-state index contributed by atoms with van der Waals surface area (Å²) in [5, 5.41) is 3.07. The molecule has 3 rings (SSSR count). The van der Waals surface area contributed by atoms with Crippen molar-refractivity contribution in [2.24, 2.45) is 5.92 Å². The highest BCUT2D eigenvalue weighted by molar-refractivity contribution is 5.36. The van der Waals surface area contributed by atoms with Gasteiger partial charge in [0, 0.05) is 6.54 Å². The van der Waals surface area contributed by atoms with Gasteiger partial charge < -0.3 is 10.1 Å². The average Bonchev–Trinajstić information content (AvgIpc) is 2.62. The van der Waals surface area contributed by atoms with Gasteiger partial charge in [0.15, 0.2) is 11.6 Å². The van der Waals surface area contributed by atoms with Gasteiger partial charge in [-0.2, -0.15) is 4.98 Å². The predicted molar refractivity (Wildman–Crippen MR) is 87.8 cm³/mol. The zero-order valence-electron chi connectivity index (χ0n) is 13.5. The van der Waals surface area contributed by atoms with Crippen molar-refractivity contribution in [3.63, 3.8) is 0 Å². The van der Waals surface area contributed by atoms with E-state index in [1.807, 2.05) is 0 Å². The Morgan fingerprint density at radius 3 is 2.58 bits per heavy atom. The molecule has 0 radical (unpaired) electrons. The Bertz CT molecular complexity index is 658. The number of hydrogen-bond donors (Lipinski definition) is 1. The number of ether oxygens (including phenoxy) is 1. The molecule has 24 heavy (non-hydrogen) atoms. The van der Waals surface area contributed by atoms with Gasteiger partial charge in [-0.3, -0.25) is 0 Å². The molecular weight excluding hydrogens is 312 g/mol. The van der Waals surface area contributed by atoms with Gasteiger partial charge in [-0.1, -0.05) is 31.4 Å². The highest BCUT2D eigenvalue weighted by Crippen LogP contribution is 2.24. The number of nitrogens with zero attached hydrogens (tertiary/aromatic N) is 2. The van der Waals surface area contributed by atoms with Gasteiger partial charge in [-0.25, -0.2) is 13.8 Å². The number of anilines is 1. The molecule has 2 aromatic rings. The molecule has 1 fully saturated rings. The molecule has 1 heterocycles. The second-order valence-electron chi connectivity index (χ2n) is 6.15. The summed E-state index contributed by atoms with van der Waals surface area (Å²) >= 11 is 0. The van der Waals surface area contributed by atoms with E-state index >= 15 is 0 Å². The number of aromatic nitrogens is 2. The standard InChI is InChI=1S/C18H21F2N3O/c19-15-8-6-14(7-9-15)12-24-18-22-11-16(20)17(23-18)21-10-13-4-2-1-3-5-13/h6-9,11,13H,1-5,10,12H2,(H,21,22,23). The van der Waals surface area contributed by atoms with E-state index in [-0.39, 0.29) is 24.3 Å². The lowest BCUT2D eigenvalue weighted by atomic mass is 9.89. The van der Waals surface area contributed by atoms with Gasteiger partial charge in [0.2, 0.25) is 0 Å². The summed E-state index contributed by atoms with van der Waals surface area (Å²) in [6.45, 7) is 0.916. The van der Waals surface area contributed by atoms with Crippen LogP contribution in [0.1, 0.15) is 37.7 Å². The minimum Gasteiger partial charge on any atom is -0.459 e.